The first kappa shape index (κ1) is 33.4. The van der Waals surface area contributed by atoms with Crippen molar-refractivity contribution < 1.29 is 24.3 Å². The first-order valence-electron chi connectivity index (χ1n) is 18.3. The van der Waals surface area contributed by atoms with E-state index in [1.54, 1.807) is 30.3 Å². The molecule has 3 fully saturated rings. The molecule has 268 valence electrons. The number of hydrazine groups is 1. The standard InChI is InChI=1S/C45H38N4O5/c1-27-16-18-31(19-17-27)47-49-42(52)37-26-36-33(40(34-14-8-9-15-38(34)50)45(37,44(49)54)28-10-4-2-5-11-28)24-25-35-39(36)43(53)48(41(35)51)32-22-20-30(21-23-32)46-29-12-6-3-7-13-29/h2-24,35-37,39-40,46-47,50H,25-26H2,1H3/t35-,36+,37-,39-,40+,45+/m0/s1. The van der Waals surface area contributed by atoms with Gasteiger partial charge in [0.15, 0.2) is 0 Å². The summed E-state index contributed by atoms with van der Waals surface area (Å²) in [5, 5.41) is 16.0. The molecule has 4 amide bonds. The number of para-hydroxylation sites is 2. The summed E-state index contributed by atoms with van der Waals surface area (Å²) >= 11 is 0. The van der Waals surface area contributed by atoms with Crippen molar-refractivity contribution in [1.82, 2.24) is 5.01 Å². The van der Waals surface area contributed by atoms with Gasteiger partial charge in [-0.15, -0.1) is 0 Å². The van der Waals surface area contributed by atoms with Crippen LogP contribution in [0.1, 0.15) is 35.4 Å². The molecule has 2 heterocycles. The lowest BCUT2D eigenvalue weighted by Crippen LogP contribution is -2.53. The van der Waals surface area contributed by atoms with Crippen LogP contribution in [0.5, 0.6) is 5.75 Å². The molecule has 6 atom stereocenters. The predicted octanol–water partition coefficient (Wildman–Crippen LogP) is 7.63. The van der Waals surface area contributed by atoms with Crippen molar-refractivity contribution >= 4 is 46.4 Å². The Morgan fingerprint density at radius 3 is 2.00 bits per heavy atom. The molecule has 0 aromatic heterocycles. The lowest BCUT2D eigenvalue weighted by Gasteiger charge is -2.50. The molecule has 9 rings (SSSR count). The van der Waals surface area contributed by atoms with Crippen LogP contribution < -0.4 is 15.6 Å². The van der Waals surface area contributed by atoms with Crippen molar-refractivity contribution in [2.75, 3.05) is 15.6 Å². The van der Waals surface area contributed by atoms with E-state index in [9.17, 15) is 19.5 Å². The smallest absolute Gasteiger partial charge is 0.260 e. The summed E-state index contributed by atoms with van der Waals surface area (Å²) in [4.78, 5) is 60.2. The number of amides is 4. The second-order valence-electron chi connectivity index (χ2n) is 14.7. The van der Waals surface area contributed by atoms with E-state index in [4.69, 9.17) is 0 Å². The van der Waals surface area contributed by atoms with Gasteiger partial charge in [0.1, 0.15) is 5.75 Å². The van der Waals surface area contributed by atoms with Crippen molar-refractivity contribution in [2.45, 2.75) is 31.1 Å². The van der Waals surface area contributed by atoms with E-state index in [-0.39, 0.29) is 30.4 Å². The Labute approximate surface area is 312 Å². The second-order valence-corrected chi connectivity index (χ2v) is 14.7. The van der Waals surface area contributed by atoms with Gasteiger partial charge in [0, 0.05) is 22.9 Å². The van der Waals surface area contributed by atoms with Gasteiger partial charge in [-0.2, -0.15) is 5.01 Å². The van der Waals surface area contributed by atoms with Crippen LogP contribution in [0.2, 0.25) is 0 Å². The number of aromatic hydroxyl groups is 1. The molecular formula is C45H38N4O5. The zero-order chi connectivity index (χ0) is 37.1. The van der Waals surface area contributed by atoms with Crippen molar-refractivity contribution in [1.29, 1.82) is 0 Å². The molecule has 0 bridgehead atoms. The van der Waals surface area contributed by atoms with Crippen LogP contribution in [0.25, 0.3) is 0 Å². The number of nitrogens with one attached hydrogen (secondary N) is 2. The number of allylic oxidation sites excluding steroid dienone is 2. The molecule has 0 radical (unpaired) electrons. The molecule has 2 aliphatic heterocycles. The zero-order valence-electron chi connectivity index (χ0n) is 29.6. The van der Waals surface area contributed by atoms with E-state index >= 15 is 4.79 Å². The molecule has 0 spiro atoms. The van der Waals surface area contributed by atoms with Gasteiger partial charge in [0.2, 0.25) is 11.8 Å². The molecule has 5 aromatic rings. The number of hydrogen-bond acceptors (Lipinski definition) is 7. The lowest BCUT2D eigenvalue weighted by molar-refractivity contribution is -0.138. The average molecular weight is 715 g/mol. The fraction of sp³-hybridized carbons (Fsp3) is 0.200. The maximum absolute atomic E-state index is 15.2. The zero-order valence-corrected chi connectivity index (χ0v) is 29.6. The molecule has 3 N–H and O–H groups in total. The highest BCUT2D eigenvalue weighted by atomic mass is 16.3. The summed E-state index contributed by atoms with van der Waals surface area (Å²) in [5.41, 5.74) is 7.42. The monoisotopic (exact) mass is 714 g/mol. The van der Waals surface area contributed by atoms with Gasteiger partial charge in [-0.05, 0) is 85.8 Å². The van der Waals surface area contributed by atoms with E-state index in [0.29, 0.717) is 22.5 Å². The average Bonchev–Trinajstić information content (AvgIpc) is 3.58. The van der Waals surface area contributed by atoms with Gasteiger partial charge >= 0.3 is 0 Å². The van der Waals surface area contributed by atoms with Gasteiger partial charge in [0.25, 0.3) is 11.8 Å². The summed E-state index contributed by atoms with van der Waals surface area (Å²) in [5.74, 6) is -5.07. The number of benzene rings is 5. The second kappa shape index (κ2) is 12.9. The van der Waals surface area contributed by atoms with Gasteiger partial charge in [-0.3, -0.25) is 29.5 Å². The van der Waals surface area contributed by atoms with Crippen LogP contribution in [0.3, 0.4) is 0 Å². The van der Waals surface area contributed by atoms with Gasteiger partial charge < -0.3 is 10.4 Å². The third-order valence-corrected chi connectivity index (χ3v) is 11.8. The van der Waals surface area contributed by atoms with Crippen molar-refractivity contribution in [2.24, 2.45) is 23.7 Å². The quantitative estimate of drug-likeness (QED) is 0.117. The van der Waals surface area contributed by atoms with Gasteiger partial charge in [0.05, 0.1) is 34.5 Å². The summed E-state index contributed by atoms with van der Waals surface area (Å²) in [6.07, 6.45) is 2.47. The molecule has 0 unspecified atom stereocenters. The molecule has 54 heavy (non-hydrogen) atoms. The van der Waals surface area contributed by atoms with Crippen LogP contribution in [-0.2, 0) is 24.6 Å². The molecule has 5 aromatic carbocycles. The largest absolute Gasteiger partial charge is 0.508 e. The molecule has 2 saturated heterocycles. The number of phenols is 1. The third-order valence-electron chi connectivity index (χ3n) is 11.8. The number of hydrogen-bond donors (Lipinski definition) is 3. The minimum absolute atomic E-state index is 0.00919. The summed E-state index contributed by atoms with van der Waals surface area (Å²) in [7, 11) is 0. The van der Waals surface area contributed by atoms with Gasteiger partial charge in [-0.25, -0.2) is 0 Å². The fourth-order valence-corrected chi connectivity index (χ4v) is 9.46. The number of carbonyl (C=O) groups is 4. The number of nitrogens with zero attached hydrogens (tertiary/aromatic N) is 2. The Morgan fingerprint density at radius 1 is 0.667 bits per heavy atom. The van der Waals surface area contributed by atoms with Crippen LogP contribution in [0, 0.1) is 30.6 Å². The molecular weight excluding hydrogens is 677 g/mol. The number of carbonyl (C=O) groups excluding carboxylic acids is 4. The number of aryl methyl sites for hydroxylation is 1. The highest BCUT2D eigenvalue weighted by molar-refractivity contribution is 6.22. The Morgan fingerprint density at radius 2 is 1.30 bits per heavy atom. The summed E-state index contributed by atoms with van der Waals surface area (Å²) < 4.78 is 0. The number of imide groups is 2. The molecule has 1 saturated carbocycles. The fourth-order valence-electron chi connectivity index (χ4n) is 9.46. The highest BCUT2D eigenvalue weighted by Crippen LogP contribution is 2.65. The topological polar surface area (TPSA) is 119 Å². The Balaban J connectivity index is 1.14. The Hall–Kier alpha value is -6.48. The maximum atomic E-state index is 15.2. The van der Waals surface area contributed by atoms with E-state index in [1.165, 1.54) is 4.90 Å². The molecule has 9 heteroatoms. The summed E-state index contributed by atoms with van der Waals surface area (Å²) in [6, 6.07) is 40.6. The summed E-state index contributed by atoms with van der Waals surface area (Å²) in [6.45, 7) is 1.96. The minimum atomic E-state index is -1.45. The SMILES string of the molecule is Cc1ccc(NN2C(=O)[C@@H]3C[C@@H]4C(=CC[C@@H]5C(=O)N(c6ccc(Nc7ccccc7)cc6)C(=O)[C@@H]54)[C@H](c4ccccc4O)[C@]3(c3ccccc3)C2=O)cc1. The lowest BCUT2D eigenvalue weighted by atomic mass is 9.49. The number of phenolic OH excluding ortho intramolecular Hbond substituents is 1. The first-order valence-corrected chi connectivity index (χ1v) is 18.3. The third kappa shape index (κ3) is 5.06. The highest BCUT2D eigenvalue weighted by Gasteiger charge is 2.70. The van der Waals surface area contributed by atoms with Crippen LogP contribution in [0.4, 0.5) is 22.7 Å². The minimum Gasteiger partial charge on any atom is -0.508 e. The normalized spacial score (nSPS) is 25.9. The number of anilines is 4. The number of rotatable bonds is 7. The van der Waals surface area contributed by atoms with E-state index in [1.807, 2.05) is 116 Å². The van der Waals surface area contributed by atoms with Gasteiger partial charge in [-0.1, -0.05) is 96.1 Å². The van der Waals surface area contributed by atoms with Crippen LogP contribution >= 0.6 is 0 Å². The van der Waals surface area contributed by atoms with E-state index < -0.39 is 46.8 Å². The molecule has 2 aliphatic carbocycles. The molecule has 9 nitrogen and oxygen atoms in total. The van der Waals surface area contributed by atoms with Crippen molar-refractivity contribution in [3.8, 4) is 5.75 Å². The Bertz CT molecular complexity index is 2330. The van der Waals surface area contributed by atoms with Crippen LogP contribution in [-0.4, -0.2) is 33.7 Å². The Kier molecular flexibility index (Phi) is 7.96. The maximum Gasteiger partial charge on any atom is 0.260 e. The molecule has 4 aliphatic rings. The predicted molar refractivity (Wildman–Crippen MR) is 206 cm³/mol. The first-order chi connectivity index (χ1) is 26.3. The van der Waals surface area contributed by atoms with E-state index in [0.717, 1.165) is 27.5 Å². The van der Waals surface area contributed by atoms with Crippen molar-refractivity contribution in [3.63, 3.8) is 0 Å². The van der Waals surface area contributed by atoms with Crippen LogP contribution in [0.15, 0.2) is 145 Å². The van der Waals surface area contributed by atoms with E-state index in [2.05, 4.69) is 10.7 Å². The van der Waals surface area contributed by atoms with Crippen molar-refractivity contribution in [3.05, 3.63) is 162 Å². The number of fused-ring (bicyclic) bond motifs is 4.